The zero-order valence-corrected chi connectivity index (χ0v) is 14.2. The van der Waals surface area contributed by atoms with Crippen molar-refractivity contribution in [3.63, 3.8) is 0 Å². The Kier molecular flexibility index (Phi) is 6.76. The zero-order chi connectivity index (χ0) is 18.2. The van der Waals surface area contributed by atoms with E-state index in [4.69, 9.17) is 10.5 Å². The van der Waals surface area contributed by atoms with Gasteiger partial charge in [0.25, 0.3) is 5.91 Å². The molecule has 0 aromatic heterocycles. The number of primary amides is 1. The molecule has 2 rings (SSSR count). The number of hydrogen-bond donors (Lipinski definition) is 4. The van der Waals surface area contributed by atoms with Gasteiger partial charge in [0.2, 0.25) is 5.91 Å². The number of methoxy groups -OCH3 is 1. The van der Waals surface area contributed by atoms with Crippen LogP contribution >= 0.6 is 0 Å². The number of nitrogens with two attached hydrogens (primary N) is 1. The van der Waals surface area contributed by atoms with Gasteiger partial charge in [-0.05, 0) is 36.5 Å². The van der Waals surface area contributed by atoms with E-state index >= 15 is 0 Å². The van der Waals surface area contributed by atoms with Crippen LogP contribution < -0.4 is 21.7 Å². The van der Waals surface area contributed by atoms with Crippen LogP contribution in [0.25, 0.3) is 0 Å². The lowest BCUT2D eigenvalue weighted by atomic mass is 9.79. The number of carbonyl (C=O) groups excluding carboxylic acids is 3. The Labute approximate surface area is 146 Å². The Morgan fingerprint density at radius 1 is 1.16 bits per heavy atom. The van der Waals surface area contributed by atoms with E-state index in [0.717, 1.165) is 18.4 Å². The summed E-state index contributed by atoms with van der Waals surface area (Å²) in [6.07, 6.45) is 1.81. The molecule has 0 unspecified atom stereocenters. The zero-order valence-electron chi connectivity index (χ0n) is 14.2. The third kappa shape index (κ3) is 5.75. The van der Waals surface area contributed by atoms with E-state index < -0.39 is 6.03 Å². The first-order valence-electron chi connectivity index (χ1n) is 8.18. The second-order valence-corrected chi connectivity index (χ2v) is 6.07. The molecule has 1 aliphatic rings. The molecule has 4 amide bonds. The number of benzene rings is 1. The molecule has 8 heteroatoms. The van der Waals surface area contributed by atoms with Crippen molar-refractivity contribution in [1.29, 1.82) is 0 Å². The van der Waals surface area contributed by atoms with E-state index in [9.17, 15) is 14.4 Å². The van der Waals surface area contributed by atoms with Crippen LogP contribution in [-0.4, -0.2) is 44.1 Å². The van der Waals surface area contributed by atoms with Crippen molar-refractivity contribution in [3.05, 3.63) is 35.4 Å². The summed E-state index contributed by atoms with van der Waals surface area (Å²) in [7, 11) is 1.63. The molecule has 1 saturated carbocycles. The van der Waals surface area contributed by atoms with Crippen LogP contribution in [0.1, 0.15) is 28.8 Å². The highest BCUT2D eigenvalue weighted by Gasteiger charge is 2.32. The summed E-state index contributed by atoms with van der Waals surface area (Å²) < 4.78 is 5.04. The number of amides is 4. The maximum absolute atomic E-state index is 12.3. The van der Waals surface area contributed by atoms with E-state index in [2.05, 4.69) is 16.0 Å². The number of urea groups is 1. The summed E-state index contributed by atoms with van der Waals surface area (Å²) in [5, 5.41) is 7.96. The number of nitrogens with one attached hydrogen (secondary N) is 3. The first kappa shape index (κ1) is 18.7. The van der Waals surface area contributed by atoms with E-state index in [-0.39, 0.29) is 30.3 Å². The van der Waals surface area contributed by atoms with Crippen LogP contribution in [0.3, 0.4) is 0 Å². The fourth-order valence-electron chi connectivity index (χ4n) is 2.65. The standard InChI is InChI=1S/C17H24N4O4/c1-25-10-11-2-4-12(5-3-11)16(23)21-14-7-6-13(14)8-19-15(22)9-20-17(18)24/h2-5,13-14H,6-10H2,1H3,(H,19,22)(H,21,23)(H3,18,20,24)/t13-,14-/m1/s1. The second-order valence-electron chi connectivity index (χ2n) is 6.07. The third-order valence-electron chi connectivity index (χ3n) is 4.25. The molecular formula is C17H24N4O4. The maximum atomic E-state index is 12.3. The van der Waals surface area contributed by atoms with Gasteiger partial charge in [-0.3, -0.25) is 9.59 Å². The summed E-state index contributed by atoms with van der Waals surface area (Å²) in [4.78, 5) is 34.4. The van der Waals surface area contributed by atoms with Gasteiger partial charge < -0.3 is 26.4 Å². The topological polar surface area (TPSA) is 123 Å². The van der Waals surface area contributed by atoms with E-state index in [0.29, 0.717) is 18.7 Å². The van der Waals surface area contributed by atoms with Crippen molar-refractivity contribution in [1.82, 2.24) is 16.0 Å². The van der Waals surface area contributed by atoms with Crippen LogP contribution in [-0.2, 0) is 16.1 Å². The molecule has 0 bridgehead atoms. The summed E-state index contributed by atoms with van der Waals surface area (Å²) in [6, 6.07) is 6.57. The highest BCUT2D eigenvalue weighted by molar-refractivity contribution is 5.94. The summed E-state index contributed by atoms with van der Waals surface area (Å²) in [5.41, 5.74) is 6.51. The summed E-state index contributed by atoms with van der Waals surface area (Å²) >= 11 is 0. The molecule has 0 spiro atoms. The van der Waals surface area contributed by atoms with Gasteiger partial charge in [0, 0.05) is 25.3 Å². The summed E-state index contributed by atoms with van der Waals surface area (Å²) in [6.45, 7) is 0.820. The Hall–Kier alpha value is -2.61. The largest absolute Gasteiger partial charge is 0.380 e. The van der Waals surface area contributed by atoms with E-state index in [1.54, 1.807) is 19.2 Å². The van der Waals surface area contributed by atoms with Gasteiger partial charge in [-0.1, -0.05) is 12.1 Å². The molecule has 5 N–H and O–H groups in total. The minimum Gasteiger partial charge on any atom is -0.380 e. The minimum atomic E-state index is -0.736. The van der Waals surface area contributed by atoms with Gasteiger partial charge in [0.05, 0.1) is 13.2 Å². The fourth-order valence-corrected chi connectivity index (χ4v) is 2.65. The van der Waals surface area contributed by atoms with E-state index in [1.165, 1.54) is 0 Å². The van der Waals surface area contributed by atoms with Gasteiger partial charge in [-0.2, -0.15) is 0 Å². The van der Waals surface area contributed by atoms with Crippen molar-refractivity contribution in [2.24, 2.45) is 11.7 Å². The summed E-state index contributed by atoms with van der Waals surface area (Å²) in [5.74, 6) is -0.237. The Balaban J connectivity index is 1.75. The van der Waals surface area contributed by atoms with Gasteiger partial charge >= 0.3 is 6.03 Å². The lowest BCUT2D eigenvalue weighted by Gasteiger charge is -2.37. The molecule has 1 aromatic carbocycles. The van der Waals surface area contributed by atoms with Crippen LogP contribution in [0.4, 0.5) is 4.79 Å². The van der Waals surface area contributed by atoms with Gasteiger partial charge in [-0.15, -0.1) is 0 Å². The second kappa shape index (κ2) is 9.03. The Morgan fingerprint density at radius 2 is 1.88 bits per heavy atom. The van der Waals surface area contributed by atoms with Crippen molar-refractivity contribution in [2.45, 2.75) is 25.5 Å². The smallest absolute Gasteiger partial charge is 0.312 e. The van der Waals surface area contributed by atoms with Gasteiger partial charge in [-0.25, -0.2) is 4.79 Å². The molecule has 1 aliphatic carbocycles. The highest BCUT2D eigenvalue weighted by atomic mass is 16.5. The molecule has 1 fully saturated rings. The highest BCUT2D eigenvalue weighted by Crippen LogP contribution is 2.27. The van der Waals surface area contributed by atoms with Crippen molar-refractivity contribution < 1.29 is 19.1 Å². The lowest BCUT2D eigenvalue weighted by molar-refractivity contribution is -0.120. The van der Waals surface area contributed by atoms with Crippen molar-refractivity contribution in [2.75, 3.05) is 20.2 Å². The quantitative estimate of drug-likeness (QED) is 0.533. The van der Waals surface area contributed by atoms with Gasteiger partial charge in [0.1, 0.15) is 0 Å². The third-order valence-corrected chi connectivity index (χ3v) is 4.25. The molecule has 0 radical (unpaired) electrons. The minimum absolute atomic E-state index is 0.0375. The number of hydrogen-bond acceptors (Lipinski definition) is 4. The number of ether oxygens (including phenoxy) is 1. The van der Waals surface area contributed by atoms with E-state index in [1.807, 2.05) is 12.1 Å². The van der Waals surface area contributed by atoms with Crippen LogP contribution in [0.2, 0.25) is 0 Å². The molecule has 25 heavy (non-hydrogen) atoms. The molecular weight excluding hydrogens is 324 g/mol. The molecule has 2 atom stereocenters. The first-order chi connectivity index (χ1) is 12.0. The fraction of sp³-hybridized carbons (Fsp3) is 0.471. The maximum Gasteiger partial charge on any atom is 0.312 e. The molecule has 136 valence electrons. The first-order valence-corrected chi connectivity index (χ1v) is 8.18. The number of carbonyl (C=O) groups is 3. The molecule has 8 nitrogen and oxygen atoms in total. The average molecular weight is 348 g/mol. The predicted octanol–water partition coefficient (Wildman–Crippen LogP) is 0.126. The molecule has 0 saturated heterocycles. The van der Waals surface area contributed by atoms with Crippen LogP contribution in [0.15, 0.2) is 24.3 Å². The lowest BCUT2D eigenvalue weighted by Crippen LogP contribution is -2.51. The van der Waals surface area contributed by atoms with Crippen molar-refractivity contribution in [3.8, 4) is 0 Å². The number of rotatable bonds is 8. The predicted molar refractivity (Wildman–Crippen MR) is 91.7 cm³/mol. The molecule has 0 aliphatic heterocycles. The Bertz CT molecular complexity index is 618. The Morgan fingerprint density at radius 3 is 2.44 bits per heavy atom. The molecule has 1 aromatic rings. The van der Waals surface area contributed by atoms with Crippen LogP contribution in [0, 0.1) is 5.92 Å². The molecule has 0 heterocycles. The average Bonchev–Trinajstić information content (AvgIpc) is 2.57. The SMILES string of the molecule is COCc1ccc(C(=O)N[C@@H]2CC[C@@H]2CNC(=O)CNC(N)=O)cc1. The van der Waals surface area contributed by atoms with Crippen molar-refractivity contribution >= 4 is 17.8 Å². The van der Waals surface area contributed by atoms with Crippen LogP contribution in [0.5, 0.6) is 0 Å². The monoisotopic (exact) mass is 348 g/mol. The van der Waals surface area contributed by atoms with Gasteiger partial charge in [0.15, 0.2) is 0 Å². The normalized spacial score (nSPS) is 18.8.